The number of fused-ring (bicyclic) bond motifs is 6. The van der Waals surface area contributed by atoms with Crippen molar-refractivity contribution in [2.75, 3.05) is 13.7 Å². The lowest BCUT2D eigenvalue weighted by Gasteiger charge is -2.61. The summed E-state index contributed by atoms with van der Waals surface area (Å²) in [6.45, 7) is 7.12. The average molecular weight is 667 g/mol. The van der Waals surface area contributed by atoms with Crippen LogP contribution >= 0.6 is 0 Å². The van der Waals surface area contributed by atoms with Crippen LogP contribution in [0.5, 0.6) is 0 Å². The molecule has 3 heterocycles. The average Bonchev–Trinajstić information content (AvgIpc) is 3.64. The number of nitrogens with zero attached hydrogens (tertiary/aromatic N) is 1. The van der Waals surface area contributed by atoms with Gasteiger partial charge in [0.1, 0.15) is 30.6 Å². The highest BCUT2D eigenvalue weighted by Crippen LogP contribution is 2.66. The molecule has 6 rings (SSSR count). The maximum absolute atomic E-state index is 13.5. The third-order valence-corrected chi connectivity index (χ3v) is 11.2. The zero-order chi connectivity index (χ0) is 34.5. The van der Waals surface area contributed by atoms with Crippen molar-refractivity contribution in [3.63, 3.8) is 0 Å². The first kappa shape index (κ1) is 34.2. The van der Waals surface area contributed by atoms with E-state index in [4.69, 9.17) is 18.9 Å². The Morgan fingerprint density at radius 2 is 1.88 bits per heavy atom. The maximum Gasteiger partial charge on any atom is 0.355 e. The highest BCUT2D eigenvalue weighted by molar-refractivity contribution is 5.87. The number of carbonyl (C=O) groups excluding carboxylic acids is 3. The molecule has 12 nitrogen and oxygen atoms in total. The first-order valence-electron chi connectivity index (χ1n) is 16.7. The number of hydrogen-bond donors (Lipinski definition) is 4. The van der Waals surface area contributed by atoms with Gasteiger partial charge in [-0.05, 0) is 62.0 Å². The number of aliphatic hydroxyl groups excluding tert-OH is 2. The number of H-pyrrole nitrogens is 1. The summed E-state index contributed by atoms with van der Waals surface area (Å²) in [5.41, 5.74) is -0.464. The summed E-state index contributed by atoms with van der Waals surface area (Å²) in [6.07, 6.45) is 9.02. The largest absolute Gasteiger partial charge is 0.457 e. The first-order valence-corrected chi connectivity index (χ1v) is 16.7. The van der Waals surface area contributed by atoms with Crippen molar-refractivity contribution in [1.82, 2.24) is 9.88 Å². The second kappa shape index (κ2) is 13.3. The summed E-state index contributed by atoms with van der Waals surface area (Å²) in [6, 6.07) is 3.36. The van der Waals surface area contributed by atoms with E-state index in [1.165, 1.54) is 19.3 Å². The van der Waals surface area contributed by atoms with Crippen LogP contribution < -0.4 is 0 Å². The SMILES string of the molecule is CO[C@H]1C[C@H]2C=C[C@H]3[C@H]4C([C@H]3[C@]2(O)/C(C)=C/[C@@H](C)[C@@H]([C@@H](C)OC(=O)CN2C=CC(O)C=C2)OC1=O)[C@H](O)[C@@H](C)[C@H]4OC(=O)c1ccc[nH]1. The van der Waals surface area contributed by atoms with E-state index in [-0.39, 0.29) is 36.6 Å². The standard InChI is InChI=1S/C36H46N2O10/c1-18-15-19(2)36(44)22(8-9-24-28-29(30(24)36)31(41)20(3)33(28)48-34(42)25-7-6-12-37-25)16-26(45-5)35(43)47-32(18)21(4)46-27(40)17-38-13-10-23(39)11-14-38/h6-15,18,20-24,26,28-33,37,39,41,44H,16-17H2,1-5H3/b19-15+/t18-,20-,21-,22-,24+,26+,28+,29?,30+,31-,32+,33-,36+/m1/s1. The second-order valence-corrected chi connectivity index (χ2v) is 14.0. The van der Waals surface area contributed by atoms with Crippen LogP contribution in [0.3, 0.4) is 0 Å². The molecule has 48 heavy (non-hydrogen) atoms. The Hall–Kier alpha value is -3.71. The van der Waals surface area contributed by atoms with Crippen molar-refractivity contribution in [3.8, 4) is 0 Å². The predicted molar refractivity (Wildman–Crippen MR) is 171 cm³/mol. The zero-order valence-electron chi connectivity index (χ0n) is 27.8. The zero-order valence-corrected chi connectivity index (χ0v) is 27.8. The van der Waals surface area contributed by atoms with Gasteiger partial charge in [-0.3, -0.25) is 4.79 Å². The van der Waals surface area contributed by atoms with Gasteiger partial charge in [0.25, 0.3) is 0 Å². The van der Waals surface area contributed by atoms with Gasteiger partial charge >= 0.3 is 17.9 Å². The molecule has 5 aliphatic rings. The molecule has 1 unspecified atom stereocenters. The topological polar surface area (TPSA) is 168 Å². The van der Waals surface area contributed by atoms with E-state index in [0.717, 1.165) is 0 Å². The summed E-state index contributed by atoms with van der Waals surface area (Å²) >= 11 is 0. The molecule has 2 fully saturated rings. The quantitative estimate of drug-likeness (QED) is 0.192. The van der Waals surface area contributed by atoms with Crippen molar-refractivity contribution in [2.45, 2.75) is 76.3 Å². The van der Waals surface area contributed by atoms with E-state index in [1.54, 1.807) is 42.6 Å². The number of rotatable bonds is 7. The van der Waals surface area contributed by atoms with Crippen LogP contribution in [0.1, 0.15) is 44.6 Å². The number of cyclic esters (lactones) is 1. The second-order valence-electron chi connectivity index (χ2n) is 14.0. The number of nitrogens with one attached hydrogen (secondary N) is 1. The van der Waals surface area contributed by atoms with Crippen LogP contribution in [0.2, 0.25) is 0 Å². The predicted octanol–water partition coefficient (Wildman–Crippen LogP) is 2.49. The molecule has 0 bridgehead atoms. The minimum atomic E-state index is -1.45. The molecule has 3 aliphatic carbocycles. The molecule has 0 radical (unpaired) electrons. The van der Waals surface area contributed by atoms with Crippen molar-refractivity contribution in [1.29, 1.82) is 0 Å². The number of allylic oxidation sites excluding steroid dienone is 1. The number of ether oxygens (including phenoxy) is 4. The molecule has 1 aromatic rings. The fourth-order valence-corrected chi connectivity index (χ4v) is 8.82. The highest BCUT2D eigenvalue weighted by atomic mass is 16.6. The Bertz CT molecular complexity index is 1490. The number of esters is 3. The summed E-state index contributed by atoms with van der Waals surface area (Å²) in [4.78, 5) is 43.8. The van der Waals surface area contributed by atoms with Crippen molar-refractivity contribution >= 4 is 17.9 Å². The number of methoxy groups -OCH3 is 1. The van der Waals surface area contributed by atoms with Crippen LogP contribution in [0.4, 0.5) is 0 Å². The van der Waals surface area contributed by atoms with Crippen LogP contribution in [0.15, 0.2) is 66.7 Å². The van der Waals surface area contributed by atoms with Gasteiger partial charge in [-0.15, -0.1) is 0 Å². The maximum atomic E-state index is 13.5. The van der Waals surface area contributed by atoms with Gasteiger partial charge in [0.05, 0.1) is 17.8 Å². The van der Waals surface area contributed by atoms with E-state index in [9.17, 15) is 29.7 Å². The number of aromatic nitrogens is 1. The van der Waals surface area contributed by atoms with E-state index in [1.807, 2.05) is 39.0 Å². The molecule has 1 aromatic heterocycles. The molecule has 13 atom stereocenters. The van der Waals surface area contributed by atoms with Crippen LogP contribution in [0, 0.1) is 41.4 Å². The van der Waals surface area contributed by atoms with Gasteiger partial charge in [0.15, 0.2) is 6.10 Å². The lowest BCUT2D eigenvalue weighted by molar-refractivity contribution is -0.188. The lowest BCUT2D eigenvalue weighted by atomic mass is 9.46. The summed E-state index contributed by atoms with van der Waals surface area (Å²) in [5, 5.41) is 34.0. The van der Waals surface area contributed by atoms with Crippen LogP contribution in [0.25, 0.3) is 0 Å². The molecular formula is C36H46N2O10. The van der Waals surface area contributed by atoms with E-state index in [0.29, 0.717) is 11.3 Å². The van der Waals surface area contributed by atoms with E-state index < -0.39 is 77.9 Å². The van der Waals surface area contributed by atoms with Gasteiger partial charge < -0.3 is 44.2 Å². The van der Waals surface area contributed by atoms with Crippen molar-refractivity contribution in [3.05, 3.63) is 72.4 Å². The van der Waals surface area contributed by atoms with Gasteiger partial charge in [0.2, 0.25) is 0 Å². The lowest BCUT2D eigenvalue weighted by Crippen LogP contribution is -2.65. The van der Waals surface area contributed by atoms with Crippen LogP contribution in [-0.2, 0) is 28.5 Å². The van der Waals surface area contributed by atoms with Crippen LogP contribution in [-0.4, -0.2) is 99.0 Å². The molecule has 0 aromatic carbocycles. The summed E-state index contributed by atoms with van der Waals surface area (Å²) in [5.74, 6) is -4.16. The normalized spacial score (nSPS) is 40.8. The Morgan fingerprint density at radius 1 is 1.15 bits per heavy atom. The molecule has 260 valence electrons. The highest BCUT2D eigenvalue weighted by Gasteiger charge is 2.71. The number of hydrogen-bond acceptors (Lipinski definition) is 11. The number of carbonyl (C=O) groups is 3. The van der Waals surface area contributed by atoms with Gasteiger partial charge in [-0.25, -0.2) is 9.59 Å². The Balaban J connectivity index is 1.26. The number of aliphatic hydroxyl groups is 3. The molecule has 2 aliphatic heterocycles. The van der Waals surface area contributed by atoms with Gasteiger partial charge in [-0.1, -0.05) is 32.1 Å². The first-order chi connectivity index (χ1) is 22.8. The number of aromatic amines is 1. The molecular weight excluding hydrogens is 620 g/mol. The smallest absolute Gasteiger partial charge is 0.355 e. The molecule has 0 spiro atoms. The van der Waals surface area contributed by atoms with E-state index in [2.05, 4.69) is 4.98 Å². The Labute approximate surface area is 280 Å². The summed E-state index contributed by atoms with van der Waals surface area (Å²) < 4.78 is 23.3. The van der Waals surface area contributed by atoms with Crippen molar-refractivity contribution < 1.29 is 48.7 Å². The minimum Gasteiger partial charge on any atom is -0.457 e. The molecule has 12 heteroatoms. The van der Waals surface area contributed by atoms with Crippen molar-refractivity contribution in [2.24, 2.45) is 41.4 Å². The molecule has 4 N–H and O–H groups in total. The third kappa shape index (κ3) is 5.93. The monoisotopic (exact) mass is 666 g/mol. The molecule has 0 saturated heterocycles. The molecule has 2 saturated carbocycles. The van der Waals surface area contributed by atoms with Gasteiger partial charge in [0, 0.05) is 55.3 Å². The minimum absolute atomic E-state index is 0.101. The third-order valence-electron chi connectivity index (χ3n) is 11.2. The fraction of sp³-hybridized carbons (Fsp3) is 0.583. The fourth-order valence-electron chi connectivity index (χ4n) is 8.82. The Kier molecular flexibility index (Phi) is 9.47. The Morgan fingerprint density at radius 3 is 2.54 bits per heavy atom. The van der Waals surface area contributed by atoms with Gasteiger partial charge in [-0.2, -0.15) is 0 Å². The summed E-state index contributed by atoms with van der Waals surface area (Å²) in [7, 11) is 1.41. The molecule has 0 amide bonds. The van der Waals surface area contributed by atoms with E-state index >= 15 is 0 Å².